The topological polar surface area (TPSA) is 79.5 Å². The molecule has 26 heavy (non-hydrogen) atoms. The lowest BCUT2D eigenvalue weighted by molar-refractivity contribution is -0.188. The molecule has 1 N–H and O–H groups in total. The Balaban J connectivity index is 1.70. The first-order valence-corrected chi connectivity index (χ1v) is 8.21. The third-order valence-corrected chi connectivity index (χ3v) is 4.58. The Kier molecular flexibility index (Phi) is 4.99. The fourth-order valence-electron chi connectivity index (χ4n) is 3.11. The zero-order valence-electron chi connectivity index (χ0n) is 14.0. The van der Waals surface area contributed by atoms with Crippen molar-refractivity contribution in [2.75, 3.05) is 13.1 Å². The van der Waals surface area contributed by atoms with Gasteiger partial charge in [0.15, 0.2) is 0 Å². The Labute approximate surface area is 147 Å². The average molecular weight is 369 g/mol. The van der Waals surface area contributed by atoms with E-state index in [2.05, 4.69) is 10.1 Å². The highest BCUT2D eigenvalue weighted by Gasteiger charge is 2.52. The number of hydrogen-bond acceptors (Lipinski definition) is 5. The maximum absolute atomic E-state index is 13.0. The van der Waals surface area contributed by atoms with Crippen molar-refractivity contribution in [2.24, 2.45) is 11.8 Å². The van der Waals surface area contributed by atoms with Gasteiger partial charge < -0.3 is 9.63 Å². The van der Waals surface area contributed by atoms with Gasteiger partial charge in [-0.3, -0.25) is 9.69 Å². The summed E-state index contributed by atoms with van der Waals surface area (Å²) < 4.78 is 44.2. The van der Waals surface area contributed by atoms with Gasteiger partial charge in [-0.25, -0.2) is 0 Å². The number of alkyl halides is 3. The fourth-order valence-corrected chi connectivity index (χ4v) is 3.11. The van der Waals surface area contributed by atoms with Crippen LogP contribution in [0.2, 0.25) is 0 Å². The van der Waals surface area contributed by atoms with Crippen LogP contribution >= 0.6 is 0 Å². The number of aryl methyl sites for hydroxylation is 1. The number of aliphatic carboxylic acids is 1. The number of carboxylic acid groups (broad SMARTS) is 1. The van der Waals surface area contributed by atoms with E-state index in [1.807, 2.05) is 31.2 Å². The first-order chi connectivity index (χ1) is 12.3. The second-order valence-corrected chi connectivity index (χ2v) is 6.35. The van der Waals surface area contributed by atoms with Crippen LogP contribution < -0.4 is 0 Å². The van der Waals surface area contributed by atoms with Gasteiger partial charge >= 0.3 is 12.1 Å². The number of rotatable bonds is 5. The largest absolute Gasteiger partial charge is 0.481 e. The Morgan fingerprint density at radius 2 is 2.00 bits per heavy atom. The molecule has 1 aliphatic rings. The molecule has 2 atom stereocenters. The highest BCUT2D eigenvalue weighted by molar-refractivity contribution is 5.71. The Hall–Kier alpha value is -2.42. The molecule has 6 nitrogen and oxygen atoms in total. The van der Waals surface area contributed by atoms with Crippen molar-refractivity contribution in [3.63, 3.8) is 0 Å². The molecule has 9 heteroatoms. The molecule has 0 amide bonds. The number of aromatic nitrogens is 2. The van der Waals surface area contributed by atoms with Gasteiger partial charge in [0.05, 0.1) is 18.4 Å². The molecule has 0 saturated carbocycles. The molecule has 0 aliphatic carbocycles. The van der Waals surface area contributed by atoms with Crippen molar-refractivity contribution in [1.29, 1.82) is 0 Å². The molecule has 1 aliphatic heterocycles. The van der Waals surface area contributed by atoms with Crippen molar-refractivity contribution in [3.05, 3.63) is 35.7 Å². The van der Waals surface area contributed by atoms with E-state index in [1.54, 1.807) is 0 Å². The van der Waals surface area contributed by atoms with E-state index in [-0.39, 0.29) is 19.0 Å². The van der Waals surface area contributed by atoms with Crippen LogP contribution in [0.5, 0.6) is 0 Å². The molecule has 1 saturated heterocycles. The van der Waals surface area contributed by atoms with Crippen LogP contribution in [-0.4, -0.2) is 45.4 Å². The number of likely N-dealkylation sites (tertiary alicyclic amines) is 1. The summed E-state index contributed by atoms with van der Waals surface area (Å²) in [6.07, 6.45) is -3.66. The number of hydrogen-bond donors (Lipinski definition) is 1. The lowest BCUT2D eigenvalue weighted by Crippen LogP contribution is -2.33. The minimum atomic E-state index is -4.56. The maximum atomic E-state index is 13.0. The monoisotopic (exact) mass is 369 g/mol. The average Bonchev–Trinajstić information content (AvgIpc) is 3.22. The molecule has 1 aromatic carbocycles. The van der Waals surface area contributed by atoms with Crippen LogP contribution in [0.15, 0.2) is 28.8 Å². The number of halogens is 3. The Bertz CT molecular complexity index is 774. The van der Waals surface area contributed by atoms with Crippen LogP contribution in [-0.2, 0) is 17.8 Å². The first-order valence-electron chi connectivity index (χ1n) is 8.21. The standard InChI is InChI=1S/C17H18F3N3O3/c1-2-10-3-5-11(6-4-10)15-21-14(26-22-15)9-23-7-12(16(24)25)13(8-23)17(18,19)20/h3-6,12-13H,2,7-9H2,1H3,(H,24,25)/t12-,13-/m1/s1. The molecule has 140 valence electrons. The van der Waals surface area contributed by atoms with Crippen molar-refractivity contribution in [3.8, 4) is 11.4 Å². The smallest absolute Gasteiger partial charge is 0.393 e. The number of nitrogens with zero attached hydrogens (tertiary/aromatic N) is 3. The third kappa shape index (κ3) is 3.87. The summed E-state index contributed by atoms with van der Waals surface area (Å²) >= 11 is 0. The predicted octanol–water partition coefficient (Wildman–Crippen LogP) is 2.99. The Morgan fingerprint density at radius 3 is 2.54 bits per heavy atom. The van der Waals surface area contributed by atoms with Crippen molar-refractivity contribution >= 4 is 5.97 Å². The quantitative estimate of drug-likeness (QED) is 0.873. The number of carbonyl (C=O) groups is 1. The third-order valence-electron chi connectivity index (χ3n) is 4.58. The lowest BCUT2D eigenvalue weighted by atomic mass is 9.96. The molecule has 0 unspecified atom stereocenters. The van der Waals surface area contributed by atoms with Crippen molar-refractivity contribution in [1.82, 2.24) is 15.0 Å². The van der Waals surface area contributed by atoms with Gasteiger partial charge in [0, 0.05) is 18.7 Å². The molecule has 2 aromatic rings. The summed E-state index contributed by atoms with van der Waals surface area (Å²) in [7, 11) is 0. The van der Waals surface area contributed by atoms with Gasteiger partial charge in [-0.15, -0.1) is 0 Å². The van der Waals surface area contributed by atoms with E-state index >= 15 is 0 Å². The molecule has 0 bridgehead atoms. The van der Waals surface area contributed by atoms with Gasteiger partial charge in [0.2, 0.25) is 11.7 Å². The number of benzene rings is 1. The second kappa shape index (κ2) is 7.06. The zero-order chi connectivity index (χ0) is 18.9. The van der Waals surface area contributed by atoms with Gasteiger partial charge in [0.25, 0.3) is 0 Å². The van der Waals surface area contributed by atoms with Crippen LogP contribution in [0.3, 0.4) is 0 Å². The van der Waals surface area contributed by atoms with Crippen LogP contribution in [0.4, 0.5) is 13.2 Å². The predicted molar refractivity (Wildman–Crippen MR) is 85.1 cm³/mol. The van der Waals surface area contributed by atoms with Crippen LogP contribution in [0, 0.1) is 11.8 Å². The van der Waals surface area contributed by atoms with Crippen molar-refractivity contribution in [2.45, 2.75) is 26.1 Å². The summed E-state index contributed by atoms with van der Waals surface area (Å²) in [5.74, 6) is -4.32. The van der Waals surface area contributed by atoms with Gasteiger partial charge in [-0.1, -0.05) is 36.3 Å². The molecular formula is C17H18F3N3O3. The van der Waals surface area contributed by atoms with E-state index in [9.17, 15) is 18.0 Å². The summed E-state index contributed by atoms with van der Waals surface area (Å²) in [6, 6.07) is 7.58. The molecule has 2 heterocycles. The zero-order valence-corrected chi connectivity index (χ0v) is 14.0. The van der Waals surface area contributed by atoms with Crippen LogP contribution in [0.1, 0.15) is 18.4 Å². The molecule has 1 fully saturated rings. The Morgan fingerprint density at radius 1 is 1.31 bits per heavy atom. The SMILES string of the molecule is CCc1ccc(-c2noc(CN3C[C@@H](C(F)(F)F)[C@H](C(=O)O)C3)n2)cc1. The molecule has 1 aromatic heterocycles. The summed E-state index contributed by atoms with van der Waals surface area (Å²) in [4.78, 5) is 16.7. The normalized spacial score (nSPS) is 21.2. The summed E-state index contributed by atoms with van der Waals surface area (Å²) in [5, 5.41) is 12.9. The molecule has 0 radical (unpaired) electrons. The highest BCUT2D eigenvalue weighted by atomic mass is 19.4. The molecular weight excluding hydrogens is 351 g/mol. The maximum Gasteiger partial charge on any atom is 0.393 e. The van der Waals surface area contributed by atoms with E-state index in [4.69, 9.17) is 9.63 Å². The lowest BCUT2D eigenvalue weighted by Gasteiger charge is -2.17. The molecule has 3 rings (SSSR count). The first kappa shape index (κ1) is 18.4. The van der Waals surface area contributed by atoms with Gasteiger partial charge in [0.1, 0.15) is 0 Å². The minimum Gasteiger partial charge on any atom is -0.481 e. The van der Waals surface area contributed by atoms with E-state index in [0.717, 1.165) is 17.5 Å². The summed E-state index contributed by atoms with van der Waals surface area (Å²) in [5.41, 5.74) is 1.91. The summed E-state index contributed by atoms with van der Waals surface area (Å²) in [6.45, 7) is 1.41. The van der Waals surface area contributed by atoms with Gasteiger partial charge in [-0.2, -0.15) is 18.2 Å². The highest BCUT2D eigenvalue weighted by Crippen LogP contribution is 2.38. The van der Waals surface area contributed by atoms with E-state index in [0.29, 0.717) is 5.82 Å². The van der Waals surface area contributed by atoms with Gasteiger partial charge in [-0.05, 0) is 12.0 Å². The molecule has 0 spiro atoms. The fraction of sp³-hybridized carbons (Fsp3) is 0.471. The van der Waals surface area contributed by atoms with E-state index < -0.39 is 30.5 Å². The second-order valence-electron chi connectivity index (χ2n) is 6.35. The van der Waals surface area contributed by atoms with E-state index in [1.165, 1.54) is 4.90 Å². The number of carboxylic acids is 1. The minimum absolute atomic E-state index is 0.0175. The van der Waals surface area contributed by atoms with Crippen LogP contribution in [0.25, 0.3) is 11.4 Å². The van der Waals surface area contributed by atoms with Crippen molar-refractivity contribution < 1.29 is 27.6 Å².